The molecule has 0 unspecified atom stereocenters. The van der Waals surface area contributed by atoms with Crippen molar-refractivity contribution < 1.29 is 19.1 Å². The molecular weight excluding hydrogens is 308 g/mol. The Bertz CT molecular complexity index is 689. The fraction of sp³-hybridized carbons (Fsp3) is 0.389. The van der Waals surface area contributed by atoms with E-state index >= 15 is 0 Å². The predicted octanol–water partition coefficient (Wildman–Crippen LogP) is 2.07. The van der Waals surface area contributed by atoms with E-state index < -0.39 is 6.09 Å². The number of benzene rings is 1. The van der Waals surface area contributed by atoms with Crippen molar-refractivity contribution in [2.75, 3.05) is 13.2 Å². The van der Waals surface area contributed by atoms with Gasteiger partial charge < -0.3 is 4.74 Å². The van der Waals surface area contributed by atoms with Crippen LogP contribution in [0.5, 0.6) is 0 Å². The first-order valence-electron chi connectivity index (χ1n) is 7.99. The second-order valence-electron chi connectivity index (χ2n) is 5.70. The molecule has 24 heavy (non-hydrogen) atoms. The van der Waals surface area contributed by atoms with Crippen LogP contribution in [0.15, 0.2) is 30.3 Å². The number of ether oxygens (including phenoxy) is 1. The number of carbonyl (C=O) groups is 3. The fourth-order valence-corrected chi connectivity index (χ4v) is 2.80. The van der Waals surface area contributed by atoms with Gasteiger partial charge in [-0.3, -0.25) is 14.5 Å². The Labute approximate surface area is 140 Å². The topological polar surface area (TPSA) is 66.9 Å². The summed E-state index contributed by atoms with van der Waals surface area (Å²) in [7, 11) is 0. The zero-order valence-electron chi connectivity index (χ0n) is 13.2. The van der Waals surface area contributed by atoms with Crippen molar-refractivity contribution in [3.63, 3.8) is 0 Å². The number of cyclic esters (lactones) is 1. The minimum Gasteiger partial charge on any atom is -0.446 e. The monoisotopic (exact) mass is 326 g/mol. The zero-order valence-corrected chi connectivity index (χ0v) is 13.2. The Morgan fingerprint density at radius 2 is 1.79 bits per heavy atom. The molecule has 1 atom stereocenters. The van der Waals surface area contributed by atoms with E-state index in [1.165, 1.54) is 9.80 Å². The van der Waals surface area contributed by atoms with Crippen LogP contribution >= 0.6 is 0 Å². The maximum Gasteiger partial charge on any atom is 0.422 e. The van der Waals surface area contributed by atoms with E-state index in [1.54, 1.807) is 0 Å². The Hall–Kier alpha value is -2.81. The summed E-state index contributed by atoms with van der Waals surface area (Å²) >= 11 is 0. The molecule has 2 fully saturated rings. The standard InChI is InChI=1S/C18H18N2O4/c21-16-9-10-17(22)20(16)12-6-2-5-11-19-15(13-24-18(19)23)14-7-3-1-4-8-14/h1,3-4,7-8,15H,2,6,9-10,12-13H2/t15-/m0/s1. The molecule has 2 aliphatic rings. The molecule has 0 spiro atoms. The van der Waals surface area contributed by atoms with Crippen molar-refractivity contribution in [3.8, 4) is 12.0 Å². The molecule has 0 N–H and O–H groups in total. The second-order valence-corrected chi connectivity index (χ2v) is 5.70. The Morgan fingerprint density at radius 1 is 1.08 bits per heavy atom. The van der Waals surface area contributed by atoms with Crippen LogP contribution in [-0.2, 0) is 14.3 Å². The van der Waals surface area contributed by atoms with E-state index in [-0.39, 0.29) is 24.5 Å². The second kappa shape index (κ2) is 7.18. The Morgan fingerprint density at radius 3 is 2.50 bits per heavy atom. The van der Waals surface area contributed by atoms with Gasteiger partial charge in [0.25, 0.3) is 0 Å². The molecule has 124 valence electrons. The number of hydrogen-bond acceptors (Lipinski definition) is 4. The van der Waals surface area contributed by atoms with Crippen LogP contribution in [0.4, 0.5) is 4.79 Å². The van der Waals surface area contributed by atoms with Crippen molar-refractivity contribution in [3.05, 3.63) is 35.9 Å². The van der Waals surface area contributed by atoms with Crippen LogP contribution in [-0.4, -0.2) is 40.9 Å². The lowest BCUT2D eigenvalue weighted by Gasteiger charge is -2.15. The maximum absolute atomic E-state index is 11.8. The summed E-state index contributed by atoms with van der Waals surface area (Å²) in [6, 6.07) is 12.3. The van der Waals surface area contributed by atoms with Crippen molar-refractivity contribution in [1.29, 1.82) is 0 Å². The average Bonchev–Trinajstić information content (AvgIpc) is 3.12. The summed E-state index contributed by atoms with van der Waals surface area (Å²) in [5.41, 5.74) is 0.978. The molecule has 1 aromatic rings. The molecule has 0 radical (unpaired) electrons. The lowest BCUT2D eigenvalue weighted by Crippen LogP contribution is -2.29. The maximum atomic E-state index is 11.8. The van der Waals surface area contributed by atoms with Gasteiger partial charge in [-0.25, -0.2) is 9.69 Å². The smallest absolute Gasteiger partial charge is 0.422 e. The first kappa shape index (κ1) is 16.1. The van der Waals surface area contributed by atoms with Gasteiger partial charge in [0.1, 0.15) is 12.6 Å². The number of nitrogens with zero attached hydrogens (tertiary/aromatic N) is 2. The van der Waals surface area contributed by atoms with Gasteiger partial charge in [0.05, 0.1) is 0 Å². The van der Waals surface area contributed by atoms with E-state index in [0.29, 0.717) is 32.2 Å². The largest absolute Gasteiger partial charge is 0.446 e. The molecule has 3 amide bonds. The number of rotatable bonds is 4. The van der Waals surface area contributed by atoms with E-state index in [2.05, 4.69) is 12.0 Å². The summed E-state index contributed by atoms with van der Waals surface area (Å²) in [6.07, 6.45) is 1.28. The van der Waals surface area contributed by atoms with Gasteiger partial charge in [-0.05, 0) is 12.0 Å². The lowest BCUT2D eigenvalue weighted by molar-refractivity contribution is -0.138. The summed E-state index contributed by atoms with van der Waals surface area (Å²) in [6.45, 7) is 0.674. The van der Waals surface area contributed by atoms with Gasteiger partial charge in [0.2, 0.25) is 11.8 Å². The van der Waals surface area contributed by atoms with Crippen molar-refractivity contribution in [2.24, 2.45) is 0 Å². The van der Waals surface area contributed by atoms with Crippen LogP contribution in [0, 0.1) is 12.0 Å². The van der Waals surface area contributed by atoms with Crippen molar-refractivity contribution >= 4 is 17.9 Å². The summed E-state index contributed by atoms with van der Waals surface area (Å²) in [5.74, 6) is 2.72. The lowest BCUT2D eigenvalue weighted by atomic mass is 10.1. The number of unbranched alkanes of at least 4 members (excludes halogenated alkanes) is 1. The Balaban J connectivity index is 1.55. The zero-order chi connectivity index (χ0) is 16.9. The SMILES string of the molecule is O=C1CCC(=O)N1CCCC#CN1C(=O)OC[C@H]1c1ccccc1. The fourth-order valence-electron chi connectivity index (χ4n) is 2.80. The molecule has 2 saturated heterocycles. The van der Waals surface area contributed by atoms with E-state index in [1.807, 2.05) is 30.3 Å². The predicted molar refractivity (Wildman–Crippen MR) is 85.3 cm³/mol. The van der Waals surface area contributed by atoms with E-state index in [9.17, 15) is 14.4 Å². The number of amides is 3. The molecule has 0 saturated carbocycles. The van der Waals surface area contributed by atoms with Crippen LogP contribution in [0.25, 0.3) is 0 Å². The quantitative estimate of drug-likeness (QED) is 0.483. The van der Waals surface area contributed by atoms with Crippen LogP contribution in [0.1, 0.15) is 37.3 Å². The van der Waals surface area contributed by atoms with Gasteiger partial charge in [-0.2, -0.15) is 0 Å². The van der Waals surface area contributed by atoms with Crippen LogP contribution in [0.3, 0.4) is 0 Å². The highest BCUT2D eigenvalue weighted by Crippen LogP contribution is 2.26. The number of hydrogen-bond donors (Lipinski definition) is 0. The number of likely N-dealkylation sites (tertiary alicyclic amines) is 1. The van der Waals surface area contributed by atoms with Crippen LogP contribution in [0.2, 0.25) is 0 Å². The highest BCUT2D eigenvalue weighted by Gasteiger charge is 2.33. The van der Waals surface area contributed by atoms with Gasteiger partial charge >= 0.3 is 6.09 Å². The Kier molecular flexibility index (Phi) is 4.80. The summed E-state index contributed by atoms with van der Waals surface area (Å²) in [4.78, 5) is 37.5. The normalized spacial score (nSPS) is 20.2. The first-order valence-corrected chi connectivity index (χ1v) is 7.99. The molecule has 2 aliphatic heterocycles. The molecule has 0 bridgehead atoms. The third-order valence-electron chi connectivity index (χ3n) is 4.10. The molecule has 1 aromatic carbocycles. The molecule has 3 rings (SSSR count). The molecule has 0 aliphatic carbocycles. The van der Waals surface area contributed by atoms with Gasteiger partial charge in [-0.1, -0.05) is 36.3 Å². The van der Waals surface area contributed by atoms with Gasteiger partial charge in [0, 0.05) is 31.9 Å². The van der Waals surface area contributed by atoms with Crippen LogP contribution < -0.4 is 0 Å². The summed E-state index contributed by atoms with van der Waals surface area (Å²) in [5, 5.41) is 0. The van der Waals surface area contributed by atoms with Gasteiger partial charge in [0.15, 0.2) is 0 Å². The highest BCUT2D eigenvalue weighted by molar-refractivity contribution is 6.01. The minimum atomic E-state index is -0.443. The third kappa shape index (κ3) is 3.40. The number of carbonyl (C=O) groups excluding carboxylic acids is 3. The van der Waals surface area contributed by atoms with Crippen molar-refractivity contribution in [2.45, 2.75) is 31.7 Å². The van der Waals surface area contributed by atoms with E-state index in [4.69, 9.17) is 4.74 Å². The van der Waals surface area contributed by atoms with Crippen molar-refractivity contribution in [1.82, 2.24) is 9.80 Å². The minimum absolute atomic E-state index is 0.111. The average molecular weight is 326 g/mol. The third-order valence-corrected chi connectivity index (χ3v) is 4.10. The highest BCUT2D eigenvalue weighted by atomic mass is 16.6. The molecule has 0 aromatic heterocycles. The molecule has 2 heterocycles. The molecule has 6 nitrogen and oxygen atoms in total. The first-order chi connectivity index (χ1) is 11.7. The van der Waals surface area contributed by atoms with E-state index in [0.717, 1.165) is 5.56 Å². The molecular formula is C18H18N2O4. The summed E-state index contributed by atoms with van der Waals surface area (Å²) < 4.78 is 5.09. The number of imide groups is 1. The molecule has 6 heteroatoms. The van der Waals surface area contributed by atoms with Gasteiger partial charge in [-0.15, -0.1) is 0 Å².